The van der Waals surface area contributed by atoms with Crippen LogP contribution in [0.4, 0.5) is 5.69 Å². The Hall–Kier alpha value is -1.52. The quantitative estimate of drug-likeness (QED) is 0.626. The number of carbonyl (C=O) groups is 1. The second-order valence-corrected chi connectivity index (χ2v) is 6.17. The van der Waals surface area contributed by atoms with Gasteiger partial charge in [0, 0.05) is 14.2 Å². The van der Waals surface area contributed by atoms with Gasteiger partial charge in [0.1, 0.15) is 0 Å². The van der Waals surface area contributed by atoms with E-state index in [1.165, 1.54) is 11.8 Å². The van der Waals surface area contributed by atoms with Gasteiger partial charge in [-0.15, -0.1) is 11.8 Å². The summed E-state index contributed by atoms with van der Waals surface area (Å²) in [5.41, 5.74) is 1.35. The topological polar surface area (TPSA) is 52.9 Å². The van der Waals surface area contributed by atoms with Crippen molar-refractivity contribution in [2.45, 2.75) is 4.90 Å². The van der Waals surface area contributed by atoms with Crippen molar-refractivity contribution >= 4 is 45.9 Å². The molecule has 5 heteroatoms. The summed E-state index contributed by atoms with van der Waals surface area (Å²) in [6.45, 7) is 0. The van der Waals surface area contributed by atoms with E-state index in [-0.39, 0.29) is 5.91 Å². The minimum Gasteiger partial charge on any atom is -0.322 e. The molecule has 0 saturated carbocycles. The van der Waals surface area contributed by atoms with Crippen LogP contribution in [0.3, 0.4) is 0 Å². The second-order valence-electron chi connectivity index (χ2n) is 3.90. The van der Waals surface area contributed by atoms with Crippen LogP contribution in [-0.2, 0) is 0 Å². The zero-order valence-electron chi connectivity index (χ0n) is 10.5. The largest absolute Gasteiger partial charge is 0.322 e. The Morgan fingerprint density at radius 1 is 1.20 bits per heavy atom. The predicted octanol–water partition coefficient (Wildman–Crippen LogP) is 4.16. The second kappa shape index (κ2) is 7.31. The van der Waals surface area contributed by atoms with Gasteiger partial charge >= 0.3 is 0 Å². The number of amides is 1. The SMILES string of the molecule is N#CCSc1ccccc1C(=O)Nc1ccc(I)cc1. The van der Waals surface area contributed by atoms with Crippen molar-refractivity contribution in [3.8, 4) is 6.07 Å². The lowest BCUT2D eigenvalue weighted by Gasteiger charge is -2.09. The number of rotatable bonds is 4. The summed E-state index contributed by atoms with van der Waals surface area (Å²) in [4.78, 5) is 13.1. The summed E-state index contributed by atoms with van der Waals surface area (Å²) in [7, 11) is 0. The van der Waals surface area contributed by atoms with Crippen LogP contribution in [0, 0.1) is 14.9 Å². The van der Waals surface area contributed by atoms with Crippen LogP contribution >= 0.6 is 34.4 Å². The number of hydrogen-bond donors (Lipinski definition) is 1. The summed E-state index contributed by atoms with van der Waals surface area (Å²) in [6, 6.07) is 17.0. The number of carbonyl (C=O) groups excluding carboxylic acids is 1. The molecule has 0 atom stereocenters. The Balaban J connectivity index is 2.16. The van der Waals surface area contributed by atoms with E-state index < -0.39 is 0 Å². The van der Waals surface area contributed by atoms with Crippen LogP contribution in [-0.4, -0.2) is 11.7 Å². The first-order valence-corrected chi connectivity index (χ1v) is 7.93. The van der Waals surface area contributed by atoms with Gasteiger partial charge in [0.15, 0.2) is 0 Å². The lowest BCUT2D eigenvalue weighted by atomic mass is 10.2. The van der Waals surface area contributed by atoms with Gasteiger partial charge in [-0.2, -0.15) is 5.26 Å². The highest BCUT2D eigenvalue weighted by atomic mass is 127. The van der Waals surface area contributed by atoms with E-state index in [9.17, 15) is 4.79 Å². The molecular formula is C15H11IN2OS. The first-order chi connectivity index (χ1) is 9.70. The van der Waals surface area contributed by atoms with Crippen LogP contribution in [0.2, 0.25) is 0 Å². The van der Waals surface area contributed by atoms with E-state index in [0.29, 0.717) is 11.3 Å². The van der Waals surface area contributed by atoms with Crippen LogP contribution in [0.25, 0.3) is 0 Å². The Labute approximate surface area is 135 Å². The number of thioether (sulfide) groups is 1. The molecule has 2 aromatic rings. The smallest absolute Gasteiger partial charge is 0.256 e. The van der Waals surface area contributed by atoms with Gasteiger partial charge in [-0.05, 0) is 59.0 Å². The summed E-state index contributed by atoms with van der Waals surface area (Å²) >= 11 is 3.58. The number of anilines is 1. The monoisotopic (exact) mass is 394 g/mol. The van der Waals surface area contributed by atoms with Gasteiger partial charge in [0.2, 0.25) is 0 Å². The predicted molar refractivity (Wildman–Crippen MR) is 89.9 cm³/mol. The summed E-state index contributed by atoms with van der Waals surface area (Å²) in [5, 5.41) is 11.5. The molecule has 2 rings (SSSR count). The zero-order valence-corrected chi connectivity index (χ0v) is 13.4. The fourth-order valence-corrected chi connectivity index (χ4v) is 2.69. The maximum Gasteiger partial charge on any atom is 0.256 e. The number of nitrogens with zero attached hydrogens (tertiary/aromatic N) is 1. The number of hydrogen-bond acceptors (Lipinski definition) is 3. The van der Waals surface area contributed by atoms with Crippen molar-refractivity contribution in [2.24, 2.45) is 0 Å². The van der Waals surface area contributed by atoms with Crippen molar-refractivity contribution in [1.29, 1.82) is 5.26 Å². The van der Waals surface area contributed by atoms with Gasteiger partial charge in [-0.25, -0.2) is 0 Å². The Morgan fingerprint density at radius 3 is 2.60 bits per heavy atom. The molecule has 0 saturated heterocycles. The lowest BCUT2D eigenvalue weighted by Crippen LogP contribution is -2.12. The third-order valence-corrected chi connectivity index (χ3v) is 4.19. The zero-order chi connectivity index (χ0) is 14.4. The molecule has 100 valence electrons. The standard InChI is InChI=1S/C15H11IN2OS/c16-11-5-7-12(8-6-11)18-15(19)13-3-1-2-4-14(13)20-10-9-17/h1-8H,10H2,(H,18,19). The molecule has 0 spiro atoms. The van der Waals surface area contributed by atoms with Crippen LogP contribution in [0.5, 0.6) is 0 Å². The molecule has 0 aliphatic carbocycles. The maximum atomic E-state index is 12.3. The highest BCUT2D eigenvalue weighted by molar-refractivity contribution is 14.1. The van der Waals surface area contributed by atoms with Gasteiger partial charge < -0.3 is 5.32 Å². The van der Waals surface area contributed by atoms with Crippen molar-refractivity contribution in [1.82, 2.24) is 0 Å². The molecule has 3 nitrogen and oxygen atoms in total. The average Bonchev–Trinajstić information content (AvgIpc) is 2.47. The minimum atomic E-state index is -0.160. The third-order valence-electron chi connectivity index (χ3n) is 2.53. The maximum absolute atomic E-state index is 12.3. The van der Waals surface area contributed by atoms with Crippen molar-refractivity contribution in [3.63, 3.8) is 0 Å². The summed E-state index contributed by atoms with van der Waals surface area (Å²) < 4.78 is 1.12. The Kier molecular flexibility index (Phi) is 5.44. The highest BCUT2D eigenvalue weighted by Crippen LogP contribution is 2.23. The molecule has 0 radical (unpaired) electrons. The molecule has 0 heterocycles. The highest BCUT2D eigenvalue weighted by Gasteiger charge is 2.11. The van der Waals surface area contributed by atoms with Gasteiger partial charge in [0.25, 0.3) is 5.91 Å². The number of benzene rings is 2. The van der Waals surface area contributed by atoms with Crippen molar-refractivity contribution < 1.29 is 4.79 Å². The van der Waals surface area contributed by atoms with Gasteiger partial charge in [0.05, 0.1) is 17.4 Å². The molecule has 0 aliphatic rings. The van der Waals surface area contributed by atoms with Crippen LogP contribution in [0.15, 0.2) is 53.4 Å². The fraction of sp³-hybridized carbons (Fsp3) is 0.0667. The van der Waals surface area contributed by atoms with Crippen LogP contribution < -0.4 is 5.32 Å². The Bertz CT molecular complexity index is 650. The van der Waals surface area contributed by atoms with E-state index >= 15 is 0 Å². The molecule has 2 aromatic carbocycles. The molecule has 0 aromatic heterocycles. The van der Waals surface area contributed by atoms with E-state index in [1.54, 1.807) is 6.07 Å². The molecule has 1 N–H and O–H groups in total. The van der Waals surface area contributed by atoms with Crippen LogP contribution in [0.1, 0.15) is 10.4 Å². The molecule has 1 amide bonds. The first-order valence-electron chi connectivity index (χ1n) is 5.86. The van der Waals surface area contributed by atoms with Crippen molar-refractivity contribution in [2.75, 3.05) is 11.1 Å². The molecule has 0 bridgehead atoms. The average molecular weight is 394 g/mol. The summed E-state index contributed by atoms with van der Waals surface area (Å²) in [5.74, 6) is 0.167. The van der Waals surface area contributed by atoms with E-state index in [2.05, 4.69) is 34.0 Å². The molecule has 20 heavy (non-hydrogen) atoms. The van der Waals surface area contributed by atoms with Gasteiger partial charge in [-0.3, -0.25) is 4.79 Å². The molecule has 0 aliphatic heterocycles. The minimum absolute atomic E-state index is 0.160. The number of nitrogens with one attached hydrogen (secondary N) is 1. The molecule has 0 fully saturated rings. The molecule has 0 unspecified atom stereocenters. The summed E-state index contributed by atoms with van der Waals surface area (Å²) in [6.07, 6.45) is 0. The van der Waals surface area contributed by atoms with E-state index in [0.717, 1.165) is 14.2 Å². The number of nitriles is 1. The van der Waals surface area contributed by atoms with Crippen molar-refractivity contribution in [3.05, 3.63) is 57.7 Å². The first kappa shape index (κ1) is 14.9. The van der Waals surface area contributed by atoms with E-state index in [4.69, 9.17) is 5.26 Å². The molecular weight excluding hydrogens is 383 g/mol. The lowest BCUT2D eigenvalue weighted by molar-refractivity contribution is 0.102. The third kappa shape index (κ3) is 3.99. The fourth-order valence-electron chi connectivity index (χ4n) is 1.62. The Morgan fingerprint density at radius 2 is 1.90 bits per heavy atom. The number of halogens is 1. The normalized spacial score (nSPS) is 9.80. The van der Waals surface area contributed by atoms with E-state index in [1.807, 2.05) is 42.5 Å². The van der Waals surface area contributed by atoms with Gasteiger partial charge in [-0.1, -0.05) is 12.1 Å².